The maximum absolute atomic E-state index is 14.1. The lowest BCUT2D eigenvalue weighted by Gasteiger charge is -2.28. The zero-order chi connectivity index (χ0) is 35.6. The SMILES string of the molecule is CC(C)(C)c1ccc(C[N+]2=C(c3ccco3)c3cc4c(cc3CC2)OCO4)cc1.OC(Cn1cncn1)(Cn1cncn1)c1ccc(F)cc1F.[Br-]. The summed E-state index contributed by atoms with van der Waals surface area (Å²) in [7, 11) is 0. The normalized spacial score (nSPS) is 13.7. The smallest absolute Gasteiger partial charge is 0.250 e. The summed E-state index contributed by atoms with van der Waals surface area (Å²) in [5.74, 6) is 0.974. The van der Waals surface area contributed by atoms with Gasteiger partial charge in [0, 0.05) is 23.6 Å². The minimum absolute atomic E-state index is 0. The van der Waals surface area contributed by atoms with Gasteiger partial charge < -0.3 is 36.0 Å². The molecule has 270 valence electrons. The van der Waals surface area contributed by atoms with Crippen LogP contribution in [0.2, 0.25) is 0 Å². The third-order valence-electron chi connectivity index (χ3n) is 8.98. The molecule has 3 aromatic carbocycles. The second-order valence-electron chi connectivity index (χ2n) is 13.6. The van der Waals surface area contributed by atoms with Crippen molar-refractivity contribution in [3.8, 4) is 11.5 Å². The number of nitrogens with zero attached hydrogens (tertiary/aromatic N) is 7. The van der Waals surface area contributed by atoms with Crippen LogP contribution in [0.5, 0.6) is 11.5 Å². The average molecular weight is 775 g/mol. The van der Waals surface area contributed by atoms with E-state index in [1.165, 1.54) is 63.0 Å². The number of benzene rings is 3. The van der Waals surface area contributed by atoms with Crippen molar-refractivity contribution in [2.24, 2.45) is 0 Å². The summed E-state index contributed by atoms with van der Waals surface area (Å²) in [6, 6.07) is 20.2. The van der Waals surface area contributed by atoms with Gasteiger partial charge in [-0.25, -0.2) is 32.7 Å². The van der Waals surface area contributed by atoms with Gasteiger partial charge in [0.1, 0.15) is 49.1 Å². The predicted molar refractivity (Wildman–Crippen MR) is 182 cm³/mol. The summed E-state index contributed by atoms with van der Waals surface area (Å²) in [5.41, 5.74) is 4.63. The second-order valence-corrected chi connectivity index (χ2v) is 13.6. The van der Waals surface area contributed by atoms with E-state index in [1.54, 1.807) is 6.26 Å². The van der Waals surface area contributed by atoms with Crippen molar-refractivity contribution < 1.29 is 49.3 Å². The lowest BCUT2D eigenvalue weighted by atomic mass is 9.86. The molecule has 0 aliphatic carbocycles. The van der Waals surface area contributed by atoms with Crippen molar-refractivity contribution in [1.29, 1.82) is 0 Å². The third-order valence-corrected chi connectivity index (χ3v) is 8.98. The lowest BCUT2D eigenvalue weighted by molar-refractivity contribution is -0.544. The first kappa shape index (κ1) is 36.6. The van der Waals surface area contributed by atoms with Gasteiger partial charge in [0.2, 0.25) is 6.79 Å². The Bertz CT molecular complexity index is 2100. The first-order chi connectivity index (χ1) is 24.6. The van der Waals surface area contributed by atoms with Gasteiger partial charge in [-0.15, -0.1) is 0 Å². The van der Waals surface area contributed by atoms with Crippen molar-refractivity contribution in [2.75, 3.05) is 13.3 Å². The van der Waals surface area contributed by atoms with Crippen molar-refractivity contribution in [3.05, 3.63) is 144 Å². The van der Waals surface area contributed by atoms with Crippen molar-refractivity contribution in [3.63, 3.8) is 0 Å². The molecule has 0 saturated heterocycles. The minimum Gasteiger partial charge on any atom is -1.00 e. The molecule has 0 fully saturated rings. The number of fused-ring (bicyclic) bond motifs is 2. The largest absolute Gasteiger partial charge is 1.00 e. The van der Waals surface area contributed by atoms with Gasteiger partial charge in [-0.05, 0) is 46.9 Å². The summed E-state index contributed by atoms with van der Waals surface area (Å²) in [6.45, 7) is 8.66. The fourth-order valence-corrected chi connectivity index (χ4v) is 6.39. The van der Waals surface area contributed by atoms with Crippen LogP contribution in [0.3, 0.4) is 0 Å². The molecule has 52 heavy (non-hydrogen) atoms. The number of halogens is 3. The number of furan rings is 1. The van der Waals surface area contributed by atoms with Crippen LogP contribution in [0.25, 0.3) is 0 Å². The Kier molecular flexibility index (Phi) is 10.7. The van der Waals surface area contributed by atoms with Crippen LogP contribution in [0, 0.1) is 11.6 Å². The van der Waals surface area contributed by atoms with Gasteiger partial charge >= 0.3 is 0 Å². The zero-order valence-corrected chi connectivity index (χ0v) is 30.5. The highest BCUT2D eigenvalue weighted by molar-refractivity contribution is 6.09. The number of aromatic nitrogens is 6. The quantitative estimate of drug-likeness (QED) is 0.235. The highest BCUT2D eigenvalue weighted by atomic mass is 79.9. The molecule has 2 aliphatic heterocycles. The minimum atomic E-state index is -1.70. The standard InChI is InChI=1S/C25H26NO3.C13H12F2N6O.BrH/c1-25(2,3)19-8-6-17(7-9-19)15-26-11-10-18-13-22-23(29-16-28-22)14-20(18)24(26)21-5-4-12-27-21;14-10-1-2-11(12(15)3-10)13(22,4-20-8-16-6-18-20)5-21-9-17-7-19-21;/h4-9,12-14H,10-11,15-16H2,1-3H3;1-3,6-9,22H,4-5H2;1H/q+1;;/p-1. The van der Waals surface area contributed by atoms with Gasteiger partial charge in [-0.3, -0.25) is 0 Å². The molecule has 0 atom stereocenters. The fourth-order valence-electron chi connectivity index (χ4n) is 6.39. The Balaban J connectivity index is 0.000000182. The summed E-state index contributed by atoms with van der Waals surface area (Å²) < 4.78 is 49.4. The molecular formula is C38H38BrF2N7O4. The Labute approximate surface area is 310 Å². The highest BCUT2D eigenvalue weighted by Crippen LogP contribution is 2.37. The fraction of sp³-hybridized carbons (Fsp3) is 0.289. The molecular weight excluding hydrogens is 736 g/mol. The molecule has 11 nitrogen and oxygen atoms in total. The summed E-state index contributed by atoms with van der Waals surface area (Å²) in [5, 5.41) is 18.8. The van der Waals surface area contributed by atoms with Crippen LogP contribution in [-0.4, -0.2) is 58.3 Å². The van der Waals surface area contributed by atoms with Crippen LogP contribution >= 0.6 is 0 Å². The number of aliphatic hydroxyl groups is 1. The maximum atomic E-state index is 14.1. The van der Waals surface area contributed by atoms with E-state index < -0.39 is 17.2 Å². The van der Waals surface area contributed by atoms with E-state index >= 15 is 0 Å². The van der Waals surface area contributed by atoms with Gasteiger partial charge in [-0.2, -0.15) is 10.2 Å². The summed E-state index contributed by atoms with van der Waals surface area (Å²) in [6.07, 6.45) is 8.10. The topological polar surface area (TPSA) is 116 Å². The first-order valence-corrected chi connectivity index (χ1v) is 16.6. The van der Waals surface area contributed by atoms with Crippen LogP contribution in [0.1, 0.15) is 54.3 Å². The highest BCUT2D eigenvalue weighted by Gasteiger charge is 2.35. The van der Waals surface area contributed by atoms with E-state index in [4.69, 9.17) is 13.9 Å². The Morgan fingerprint density at radius 3 is 2.12 bits per heavy atom. The molecule has 0 bridgehead atoms. The van der Waals surface area contributed by atoms with Gasteiger partial charge in [-0.1, -0.05) is 51.1 Å². The van der Waals surface area contributed by atoms with E-state index in [-0.39, 0.29) is 47.8 Å². The zero-order valence-electron chi connectivity index (χ0n) is 28.9. The molecule has 0 amide bonds. The molecule has 2 aliphatic rings. The van der Waals surface area contributed by atoms with E-state index in [2.05, 4.69) is 81.9 Å². The van der Waals surface area contributed by atoms with Crippen LogP contribution in [-0.2, 0) is 37.1 Å². The Morgan fingerprint density at radius 2 is 1.54 bits per heavy atom. The van der Waals surface area contributed by atoms with E-state index in [1.807, 2.05) is 12.1 Å². The molecule has 0 saturated carbocycles. The number of rotatable bonds is 8. The molecule has 0 radical (unpaired) electrons. The molecule has 1 N–H and O–H groups in total. The molecule has 0 unspecified atom stereocenters. The number of hydrogen-bond donors (Lipinski definition) is 1. The monoisotopic (exact) mass is 773 g/mol. The molecule has 5 heterocycles. The predicted octanol–water partition coefficient (Wildman–Crippen LogP) is 2.65. The van der Waals surface area contributed by atoms with Gasteiger partial charge in [0.25, 0.3) is 5.71 Å². The van der Waals surface area contributed by atoms with E-state index in [0.717, 1.165) is 54.6 Å². The first-order valence-electron chi connectivity index (χ1n) is 16.6. The molecule has 8 rings (SSSR count). The molecule has 6 aromatic rings. The van der Waals surface area contributed by atoms with Crippen molar-refractivity contribution in [2.45, 2.75) is 57.8 Å². The second kappa shape index (κ2) is 15.2. The van der Waals surface area contributed by atoms with Crippen LogP contribution < -0.4 is 26.5 Å². The van der Waals surface area contributed by atoms with Crippen LogP contribution in [0.15, 0.2) is 103 Å². The summed E-state index contributed by atoms with van der Waals surface area (Å²) >= 11 is 0. The lowest BCUT2D eigenvalue weighted by Crippen LogP contribution is -3.00. The van der Waals surface area contributed by atoms with Gasteiger partial charge in [0.15, 0.2) is 23.8 Å². The number of hydrogen-bond acceptors (Lipinski definition) is 8. The van der Waals surface area contributed by atoms with E-state index in [0.29, 0.717) is 0 Å². The molecule has 3 aromatic heterocycles. The maximum Gasteiger partial charge on any atom is 0.250 e. The van der Waals surface area contributed by atoms with E-state index in [9.17, 15) is 13.9 Å². The van der Waals surface area contributed by atoms with Crippen LogP contribution in [0.4, 0.5) is 8.78 Å². The Morgan fingerprint density at radius 1 is 0.865 bits per heavy atom. The van der Waals surface area contributed by atoms with Crippen molar-refractivity contribution in [1.82, 2.24) is 29.5 Å². The molecule has 0 spiro atoms. The molecule has 14 heteroatoms. The third kappa shape index (κ3) is 7.97. The summed E-state index contributed by atoms with van der Waals surface area (Å²) in [4.78, 5) is 7.57. The van der Waals surface area contributed by atoms with Gasteiger partial charge in [0.05, 0.1) is 24.9 Å². The average Bonchev–Trinajstić information content (AvgIpc) is 3.93. The Hall–Kier alpha value is -5.21. The van der Waals surface area contributed by atoms with Crippen molar-refractivity contribution >= 4 is 5.71 Å². The number of ether oxygens (including phenoxy) is 2.